The van der Waals surface area contributed by atoms with Gasteiger partial charge in [0.05, 0.1) is 0 Å². The van der Waals surface area contributed by atoms with E-state index >= 15 is 0 Å². The largest absolute Gasteiger partial charge is 0.481 e. The first-order chi connectivity index (χ1) is 4.91. The van der Waals surface area contributed by atoms with Crippen LogP contribution in [-0.4, -0.2) is 20.7 Å². The fourth-order valence-corrected chi connectivity index (χ4v) is 0. The number of rotatable bonds is 2. The molecule has 0 bridgehead atoms. The number of carbonyl (C=O) groups is 1. The summed E-state index contributed by atoms with van der Waals surface area (Å²) in [5.41, 5.74) is 0. The Morgan fingerprint density at radius 3 is 1.45 bits per heavy atom. The molecule has 0 aliphatic rings. The minimum absolute atomic E-state index is 0.222. The van der Waals surface area contributed by atoms with Gasteiger partial charge >= 0.3 is 5.97 Å². The zero-order valence-corrected chi connectivity index (χ0v) is 8.75. The third kappa shape index (κ3) is 18.0. The molecule has 0 spiro atoms. The summed E-state index contributed by atoms with van der Waals surface area (Å²) in [7, 11) is 0. The molecule has 0 radical (unpaired) electrons. The topological polar surface area (TPSA) is 37.3 Å². The Bertz CT molecular complexity index is 98.7. The summed E-state index contributed by atoms with van der Waals surface area (Å²) in [6, 6.07) is 0. The molecule has 2 nitrogen and oxygen atoms in total. The molecule has 1 N–H and O–H groups in total. The van der Waals surface area contributed by atoms with Gasteiger partial charge in [-0.25, -0.2) is 0 Å². The van der Waals surface area contributed by atoms with E-state index in [0.717, 1.165) is 0 Å². The lowest BCUT2D eigenvalue weighted by Gasteiger charge is -1.95. The van der Waals surface area contributed by atoms with Gasteiger partial charge in [0, 0.05) is 6.42 Å². The standard InChI is InChI=1S/C3H6O2.C2H2Cl4/c1-2-3(4)5;3-1(4)2(5)6/h2H2,1H3,(H,4,5);1-2H. The first-order valence-corrected chi connectivity index (χ1v) is 4.44. The first kappa shape index (κ1) is 14.2. The highest BCUT2D eigenvalue weighted by atomic mass is 35.5. The van der Waals surface area contributed by atoms with Crippen LogP contribution >= 0.6 is 46.4 Å². The van der Waals surface area contributed by atoms with E-state index in [9.17, 15) is 4.79 Å². The van der Waals surface area contributed by atoms with E-state index in [1.165, 1.54) is 0 Å². The summed E-state index contributed by atoms with van der Waals surface area (Å²) >= 11 is 20.5. The molecule has 0 atom stereocenters. The van der Waals surface area contributed by atoms with Crippen LogP contribution in [0.15, 0.2) is 0 Å². The molecule has 0 saturated carbocycles. The second-order valence-corrected chi connectivity index (χ2v) is 3.74. The predicted octanol–water partition coefficient (Wildman–Crippen LogP) is 3.07. The molecule has 0 aromatic heterocycles. The van der Waals surface area contributed by atoms with E-state index in [-0.39, 0.29) is 6.42 Å². The smallest absolute Gasteiger partial charge is 0.303 e. The highest BCUT2D eigenvalue weighted by molar-refractivity contribution is 6.56. The van der Waals surface area contributed by atoms with Crippen molar-refractivity contribution in [1.29, 1.82) is 0 Å². The van der Waals surface area contributed by atoms with Crippen LogP contribution in [0.1, 0.15) is 13.3 Å². The van der Waals surface area contributed by atoms with Gasteiger partial charge in [0.1, 0.15) is 9.67 Å². The van der Waals surface area contributed by atoms with Crippen LogP contribution in [0.25, 0.3) is 0 Å². The molecular formula is C5H8Cl4O2. The molecule has 0 fully saturated rings. The molecule has 0 aromatic carbocycles. The number of hydrogen-bond acceptors (Lipinski definition) is 1. The fraction of sp³-hybridized carbons (Fsp3) is 0.800. The van der Waals surface area contributed by atoms with Gasteiger partial charge in [-0.2, -0.15) is 0 Å². The van der Waals surface area contributed by atoms with E-state index in [0.29, 0.717) is 0 Å². The van der Waals surface area contributed by atoms with Crippen molar-refractivity contribution >= 4 is 52.4 Å². The lowest BCUT2D eigenvalue weighted by Crippen LogP contribution is -1.96. The normalized spacial score (nSPS) is 9.36. The van der Waals surface area contributed by atoms with Gasteiger partial charge in [0.2, 0.25) is 0 Å². The molecule has 0 aliphatic carbocycles. The maximum atomic E-state index is 9.37. The Morgan fingerprint density at radius 1 is 1.27 bits per heavy atom. The molecule has 0 heterocycles. The van der Waals surface area contributed by atoms with Crippen LogP contribution in [0.4, 0.5) is 0 Å². The molecule has 0 aromatic rings. The molecule has 11 heavy (non-hydrogen) atoms. The molecule has 68 valence electrons. The maximum Gasteiger partial charge on any atom is 0.303 e. The van der Waals surface area contributed by atoms with E-state index in [4.69, 9.17) is 51.5 Å². The second-order valence-electron chi connectivity index (χ2n) is 1.42. The molecule has 0 rings (SSSR count). The van der Waals surface area contributed by atoms with E-state index in [2.05, 4.69) is 0 Å². The number of carboxylic acids is 1. The van der Waals surface area contributed by atoms with Gasteiger partial charge in [0.15, 0.2) is 0 Å². The summed E-state index contributed by atoms with van der Waals surface area (Å²) < 4.78 is 0. The van der Waals surface area contributed by atoms with Crippen molar-refractivity contribution < 1.29 is 9.90 Å². The lowest BCUT2D eigenvalue weighted by atomic mass is 10.5. The predicted molar refractivity (Wildman–Crippen MR) is 48.9 cm³/mol. The van der Waals surface area contributed by atoms with Gasteiger partial charge in [-0.05, 0) is 0 Å². The molecular weight excluding hydrogens is 234 g/mol. The molecule has 6 heteroatoms. The molecule has 0 amide bonds. The van der Waals surface area contributed by atoms with Gasteiger partial charge in [0.25, 0.3) is 0 Å². The van der Waals surface area contributed by atoms with Crippen LogP contribution in [0.5, 0.6) is 0 Å². The third-order valence-corrected chi connectivity index (χ3v) is 2.02. The van der Waals surface area contributed by atoms with Gasteiger partial charge in [-0.1, -0.05) is 6.92 Å². The van der Waals surface area contributed by atoms with E-state index in [1.54, 1.807) is 6.92 Å². The monoisotopic (exact) mass is 240 g/mol. The van der Waals surface area contributed by atoms with Crippen molar-refractivity contribution in [2.75, 3.05) is 0 Å². The van der Waals surface area contributed by atoms with Crippen molar-refractivity contribution in [2.45, 2.75) is 23.0 Å². The summed E-state index contributed by atoms with van der Waals surface area (Å²) in [5.74, 6) is -0.745. The third-order valence-electron chi connectivity index (χ3n) is 0.493. The van der Waals surface area contributed by atoms with Crippen LogP contribution in [0, 0.1) is 0 Å². The zero-order valence-electron chi connectivity index (χ0n) is 5.73. The Labute approximate surface area is 85.4 Å². The van der Waals surface area contributed by atoms with Crippen molar-refractivity contribution in [2.24, 2.45) is 0 Å². The maximum absolute atomic E-state index is 9.37. The van der Waals surface area contributed by atoms with Crippen LogP contribution in [0.3, 0.4) is 0 Å². The van der Waals surface area contributed by atoms with Crippen molar-refractivity contribution in [3.05, 3.63) is 0 Å². The van der Waals surface area contributed by atoms with Crippen LogP contribution < -0.4 is 0 Å². The second kappa shape index (κ2) is 8.72. The first-order valence-electron chi connectivity index (χ1n) is 2.69. The Kier molecular flexibility index (Phi) is 11.2. The molecule has 0 saturated heterocycles. The highest BCUT2D eigenvalue weighted by Crippen LogP contribution is 2.16. The lowest BCUT2D eigenvalue weighted by molar-refractivity contribution is -0.136. The quantitative estimate of drug-likeness (QED) is 0.755. The number of alkyl halides is 4. The Balaban J connectivity index is 0. The minimum Gasteiger partial charge on any atom is -0.481 e. The number of aliphatic carboxylic acids is 1. The fourth-order valence-electron chi connectivity index (χ4n) is 0. The van der Waals surface area contributed by atoms with E-state index < -0.39 is 15.6 Å². The zero-order chi connectivity index (χ0) is 9.44. The van der Waals surface area contributed by atoms with Gasteiger partial charge < -0.3 is 5.11 Å². The Morgan fingerprint density at radius 2 is 1.45 bits per heavy atom. The van der Waals surface area contributed by atoms with Crippen LogP contribution in [-0.2, 0) is 4.79 Å². The van der Waals surface area contributed by atoms with Crippen molar-refractivity contribution in [3.8, 4) is 0 Å². The average Bonchev–Trinajstić information content (AvgIpc) is 1.89. The summed E-state index contributed by atoms with van der Waals surface area (Å²) in [6.07, 6.45) is 0.222. The summed E-state index contributed by atoms with van der Waals surface area (Å²) in [5, 5.41) is 7.72. The number of halogens is 4. The Hall–Kier alpha value is 0.630. The number of hydrogen-bond donors (Lipinski definition) is 1. The molecule has 0 aliphatic heterocycles. The van der Waals surface area contributed by atoms with Crippen molar-refractivity contribution in [3.63, 3.8) is 0 Å². The van der Waals surface area contributed by atoms with Crippen molar-refractivity contribution in [1.82, 2.24) is 0 Å². The SMILES string of the molecule is CCC(=O)O.ClC(Cl)C(Cl)Cl. The van der Waals surface area contributed by atoms with E-state index in [1.807, 2.05) is 0 Å². The average molecular weight is 242 g/mol. The summed E-state index contributed by atoms with van der Waals surface area (Å²) in [6.45, 7) is 1.60. The highest BCUT2D eigenvalue weighted by Gasteiger charge is 2.06. The van der Waals surface area contributed by atoms with Gasteiger partial charge in [-0.15, -0.1) is 46.4 Å². The van der Waals surface area contributed by atoms with Crippen LogP contribution in [0.2, 0.25) is 0 Å². The number of carboxylic acid groups (broad SMARTS) is 1. The molecule has 0 unspecified atom stereocenters. The summed E-state index contributed by atoms with van der Waals surface area (Å²) in [4.78, 5) is 8.02. The minimum atomic E-state index is -0.745. The van der Waals surface area contributed by atoms with Gasteiger partial charge in [-0.3, -0.25) is 4.79 Å².